The molecule has 0 atom stereocenters. The highest BCUT2D eigenvalue weighted by Crippen LogP contribution is 2.53. The van der Waals surface area contributed by atoms with Crippen molar-refractivity contribution in [2.24, 2.45) is 0 Å². The largest absolute Gasteiger partial charge is 0.456 e. The highest BCUT2D eigenvalue weighted by atomic mass is 32.1. The molecule has 0 amide bonds. The quantitative estimate of drug-likeness (QED) is 0.172. The Hall–Kier alpha value is -11.4. The van der Waals surface area contributed by atoms with Crippen LogP contribution in [0.4, 0.5) is 0 Å². The van der Waals surface area contributed by atoms with Gasteiger partial charge in [-0.3, -0.25) is 0 Å². The molecule has 0 saturated carbocycles. The molecule has 0 aliphatic carbocycles. The van der Waals surface area contributed by atoms with Gasteiger partial charge in [-0.05, 0) is 231 Å². The van der Waals surface area contributed by atoms with Gasteiger partial charge < -0.3 is 8.83 Å². The average molecular weight is 2020 g/mol. The first-order valence-corrected chi connectivity index (χ1v) is 56.1. The molecule has 5 heterocycles. The van der Waals surface area contributed by atoms with Gasteiger partial charge in [-0.25, -0.2) is 0 Å². The Kier molecular flexibility index (Phi) is 27.6. The van der Waals surface area contributed by atoms with E-state index in [1.165, 1.54) is 189 Å². The molecule has 2 nitrogen and oxygen atoms in total. The molecule has 0 bridgehead atoms. The Morgan fingerprint density at radius 1 is 0.203 bits per heavy atom. The predicted molar refractivity (Wildman–Crippen MR) is 660 cm³/mol. The number of para-hydroxylation sites is 2. The van der Waals surface area contributed by atoms with E-state index in [0.717, 1.165) is 38.0 Å². The monoisotopic (exact) mass is 2020 g/mol. The Morgan fingerprint density at radius 3 is 0.858 bits per heavy atom. The molecule has 0 aliphatic heterocycles. The summed E-state index contributed by atoms with van der Waals surface area (Å²) in [5.74, 6) is 0. The molecule has 5 aromatic heterocycles. The van der Waals surface area contributed by atoms with Crippen LogP contribution in [0.1, 0.15) is 353 Å². The lowest BCUT2D eigenvalue weighted by Gasteiger charge is -2.26. The first-order valence-electron chi connectivity index (χ1n) is 55.7. The Bertz CT molecular complexity index is 8100. The number of rotatable bonds is 5. The van der Waals surface area contributed by atoms with Crippen molar-refractivity contribution >= 4 is 138 Å². The smallest absolute Gasteiger partial charge is 0.143 e. The van der Waals surface area contributed by atoms with Crippen LogP contribution in [-0.4, -0.2) is 0 Å². The van der Waals surface area contributed by atoms with Crippen LogP contribution in [0.15, 0.2) is 288 Å². The molecule has 0 saturated heterocycles. The zero-order valence-electron chi connectivity index (χ0n) is 101. The lowest BCUT2D eigenvalue weighted by atomic mass is 9.78. The van der Waals surface area contributed by atoms with Gasteiger partial charge in [-0.2, -0.15) is 0 Å². The molecular formula is C143H166O2S3. The number of benzene rings is 15. The zero-order valence-corrected chi connectivity index (χ0v) is 99.2. The fourth-order valence-corrected chi connectivity index (χ4v) is 24.5. The van der Waals surface area contributed by atoms with Crippen molar-refractivity contribution in [3.63, 3.8) is 0 Å². The summed E-state index contributed by atoms with van der Waals surface area (Å²) in [6.07, 6.45) is 0. The third kappa shape index (κ3) is 22.8. The van der Waals surface area contributed by atoms with Crippen LogP contribution in [-0.2, 0) is 70.4 Å². The van der Waals surface area contributed by atoms with E-state index in [1.54, 1.807) is 18.3 Å². The zero-order chi connectivity index (χ0) is 111. The number of thiophene rings is 3. The molecule has 0 fully saturated rings. The first kappa shape index (κ1) is 104. The number of hydrogen-bond donors (Lipinski definition) is 0. The van der Waals surface area contributed by atoms with Crippen LogP contribution < -0.4 is 0 Å². The summed E-state index contributed by atoms with van der Waals surface area (Å²) in [6, 6.07) is 94.4. The van der Waals surface area contributed by atoms with Gasteiger partial charge in [0.2, 0.25) is 0 Å². The molecule has 768 valence electrons. The van der Waals surface area contributed by atoms with Crippen LogP contribution >= 0.6 is 34.0 Å². The molecular weight excluding hydrogens is 1850 g/mol. The van der Waals surface area contributed by atoms with Gasteiger partial charge in [0.1, 0.15) is 22.3 Å². The van der Waals surface area contributed by atoms with Crippen LogP contribution in [0.25, 0.3) is 160 Å². The van der Waals surface area contributed by atoms with Crippen LogP contribution in [0.3, 0.4) is 0 Å². The van der Waals surface area contributed by atoms with E-state index < -0.39 is 0 Å². The molecule has 0 unspecified atom stereocenters. The summed E-state index contributed by atoms with van der Waals surface area (Å²) in [5, 5.41) is 12.7. The minimum atomic E-state index is -0.115. The predicted octanol–water partition coefficient (Wildman–Crippen LogP) is 44.8. The van der Waals surface area contributed by atoms with Crippen LogP contribution in [0, 0.1) is 6.92 Å². The third-order valence-electron chi connectivity index (χ3n) is 29.6. The second-order valence-electron chi connectivity index (χ2n) is 55.3. The highest BCUT2D eigenvalue weighted by molar-refractivity contribution is 7.27. The molecule has 0 spiro atoms. The Balaban J connectivity index is 0.000000135. The van der Waals surface area contributed by atoms with Gasteiger partial charge in [0.15, 0.2) is 0 Å². The van der Waals surface area contributed by atoms with E-state index in [2.05, 4.69) is 513 Å². The lowest BCUT2D eigenvalue weighted by molar-refractivity contribution is 0.568. The normalized spacial score (nSPS) is 13.5. The Labute approximate surface area is 905 Å². The van der Waals surface area contributed by atoms with E-state index in [1.807, 2.05) is 34.8 Å². The second-order valence-corrected chi connectivity index (χ2v) is 58.4. The van der Waals surface area contributed by atoms with Crippen molar-refractivity contribution in [2.45, 2.75) is 347 Å². The van der Waals surface area contributed by atoms with E-state index in [0.29, 0.717) is 11.1 Å². The maximum Gasteiger partial charge on any atom is 0.143 e. The molecule has 20 aromatic rings. The number of fused-ring (bicyclic) bond motifs is 15. The highest BCUT2D eigenvalue weighted by Gasteiger charge is 2.34. The molecule has 5 heteroatoms. The second kappa shape index (κ2) is 39.4. The van der Waals surface area contributed by atoms with E-state index in [4.69, 9.17) is 14.3 Å². The summed E-state index contributed by atoms with van der Waals surface area (Å²) in [7, 11) is 0. The molecule has 15 aromatic carbocycles. The third-order valence-corrected chi connectivity index (χ3v) is 33.1. The maximum atomic E-state index is 8.60. The van der Waals surface area contributed by atoms with Crippen LogP contribution in [0.2, 0.25) is 0 Å². The molecule has 148 heavy (non-hydrogen) atoms. The van der Waals surface area contributed by atoms with E-state index >= 15 is 0 Å². The minimum absolute atomic E-state index is 0.0269. The fourth-order valence-electron chi connectivity index (χ4n) is 20.6. The van der Waals surface area contributed by atoms with Crippen LogP contribution in [0.5, 0.6) is 0 Å². The Morgan fingerprint density at radius 2 is 0.473 bits per heavy atom. The summed E-state index contributed by atoms with van der Waals surface area (Å²) >= 11 is 5.60. The standard InChI is InChI=1S/2C30H36O.2C30H36S.C23H22S/c1-28(2,3)20-16-19(17-21(18-20)29(4,5)6)22-12-10-14-24-26(22)27-23(30(7,8)9)13-11-15-25(27)31-24;1-28(2,3)20-16-19(17-21(18-20)29(4,5)6)22-12-10-13-23-24-14-11-15-25(30(7,8)9)27(24)31-26(22)23;1-28(2,3)20-16-19(17-21(18-20)29(4,5)6)22-12-10-14-24-26(22)27-23(30(7,8)9)13-11-15-25(27)31-24;1-28(2,3)20-16-19(17-21(18-20)29(4,5)6)22-12-10-13-23-24-14-11-15-25(30(7,8)9)27(24)31-26(22)23;1-15-8-5-9-16(14-15)17-10-6-12-19-21(17)22-18(23(2,3)4)11-7-13-20(22)24-19/h4*10-18H,1-9H3;5-14H,1-4H3/i;;;;5D,8D,9D,14D. The lowest BCUT2D eigenvalue weighted by Crippen LogP contribution is -2.16. The number of hydrogen-bond acceptors (Lipinski definition) is 5. The van der Waals surface area contributed by atoms with Crippen molar-refractivity contribution < 1.29 is 14.3 Å². The summed E-state index contributed by atoms with van der Waals surface area (Å²) < 4.78 is 54.2. The SMILES string of the molecule is CC(C)(C)c1cc(-c2cccc3c2oc2c(C(C)(C)C)cccc23)cc(C(C)(C)C)c1.CC(C)(C)c1cc(-c2cccc3c2sc2c(C(C)(C)C)cccc23)cc(C(C)(C)C)c1.CC(C)(C)c1cc(-c2cccc3oc4cccc(C(C)(C)C)c4c23)cc(C(C)(C)C)c1.CC(C)(C)c1cc(-c2cccc3sc4cccc(C(C)(C)C)c4c23)cc(C(C)(C)C)c1.[2H]c1c([2H])c(C)c([2H])c(-c2cccc3sc4cccc(C(C)(C)C)c4c23)c1[2H]. The van der Waals surface area contributed by atoms with Crippen molar-refractivity contribution in [2.75, 3.05) is 0 Å². The van der Waals surface area contributed by atoms with Gasteiger partial charge in [0.25, 0.3) is 0 Å². The van der Waals surface area contributed by atoms with Crippen molar-refractivity contribution in [1.29, 1.82) is 0 Å². The van der Waals surface area contributed by atoms with Gasteiger partial charge in [0.05, 0.1) is 5.48 Å². The van der Waals surface area contributed by atoms with Crippen molar-refractivity contribution in [3.8, 4) is 55.6 Å². The van der Waals surface area contributed by atoms with Gasteiger partial charge in [0, 0.05) is 93.2 Å². The van der Waals surface area contributed by atoms with Crippen molar-refractivity contribution in [3.05, 3.63) is 357 Å². The minimum Gasteiger partial charge on any atom is -0.456 e. The first-order chi connectivity index (χ1) is 70.2. The van der Waals surface area contributed by atoms with Crippen molar-refractivity contribution in [1.82, 2.24) is 0 Å². The molecule has 0 aliphatic rings. The molecule has 20 rings (SSSR count). The van der Waals surface area contributed by atoms with Gasteiger partial charge in [-0.15, -0.1) is 34.0 Å². The molecule has 0 radical (unpaired) electrons. The average Bonchev–Trinajstić information content (AvgIpc) is 1.54. The van der Waals surface area contributed by atoms with E-state index in [9.17, 15) is 0 Å². The van der Waals surface area contributed by atoms with Gasteiger partial charge >= 0.3 is 0 Å². The number of furan rings is 2. The summed E-state index contributed by atoms with van der Waals surface area (Å²) in [4.78, 5) is 0. The summed E-state index contributed by atoms with van der Waals surface area (Å²) in [5.41, 5.74) is 34.8. The van der Waals surface area contributed by atoms with E-state index in [-0.39, 0.29) is 94.6 Å². The summed E-state index contributed by atoms with van der Waals surface area (Å²) in [6.45, 7) is 91.1. The van der Waals surface area contributed by atoms with Gasteiger partial charge in [-0.1, -0.05) is 518 Å². The maximum absolute atomic E-state index is 8.60. The molecule has 0 N–H and O–H groups in total. The topological polar surface area (TPSA) is 26.3 Å². The fraction of sp³-hybridized carbons (Fsp3) is 0.371.